The molecule has 0 fully saturated rings. The maximum atomic E-state index is 12.1. The molecular formula is C13H11Cl2N3O3. The molecule has 1 heterocycles. The van der Waals surface area contributed by atoms with Crippen molar-refractivity contribution >= 4 is 40.8 Å². The van der Waals surface area contributed by atoms with E-state index in [1.54, 1.807) is 12.1 Å². The number of carbonyl (C=O) groups excluding carboxylic acids is 2. The van der Waals surface area contributed by atoms with Crippen molar-refractivity contribution in [2.75, 3.05) is 12.4 Å². The normalized spacial score (nSPS) is 10.2. The number of rotatable bonds is 4. The van der Waals surface area contributed by atoms with Gasteiger partial charge in [-0.25, -0.2) is 0 Å². The Bertz CT molecular complexity index is 685. The third kappa shape index (κ3) is 3.96. The Labute approximate surface area is 130 Å². The van der Waals surface area contributed by atoms with Crippen LogP contribution in [0.15, 0.2) is 30.6 Å². The van der Waals surface area contributed by atoms with E-state index < -0.39 is 11.9 Å². The van der Waals surface area contributed by atoms with Crippen molar-refractivity contribution in [1.82, 2.24) is 9.78 Å². The number of ether oxygens (including phenoxy) is 1. The Hall–Kier alpha value is -2.05. The molecular weight excluding hydrogens is 317 g/mol. The molecule has 0 unspecified atom stereocenters. The minimum atomic E-state index is -0.436. The first-order valence-corrected chi connectivity index (χ1v) is 6.61. The van der Waals surface area contributed by atoms with E-state index in [4.69, 9.17) is 23.2 Å². The number of methoxy groups -OCH3 is 1. The third-order valence-electron chi connectivity index (χ3n) is 2.58. The van der Waals surface area contributed by atoms with Crippen LogP contribution in [0.1, 0.15) is 10.4 Å². The minimum absolute atomic E-state index is 0.0374. The molecule has 6 nitrogen and oxygen atoms in total. The van der Waals surface area contributed by atoms with Crippen molar-refractivity contribution in [3.8, 4) is 0 Å². The molecule has 0 saturated heterocycles. The summed E-state index contributed by atoms with van der Waals surface area (Å²) in [6.45, 7) is -0.0374. The Morgan fingerprint density at radius 1 is 1.38 bits per heavy atom. The van der Waals surface area contributed by atoms with Crippen molar-refractivity contribution in [1.29, 1.82) is 0 Å². The number of benzene rings is 1. The van der Waals surface area contributed by atoms with Gasteiger partial charge in [0, 0.05) is 11.2 Å². The molecule has 0 aliphatic heterocycles. The van der Waals surface area contributed by atoms with E-state index in [1.165, 1.54) is 30.3 Å². The van der Waals surface area contributed by atoms with Gasteiger partial charge >= 0.3 is 5.97 Å². The van der Waals surface area contributed by atoms with Crippen LogP contribution in [0.2, 0.25) is 10.0 Å². The fourth-order valence-corrected chi connectivity index (χ4v) is 1.96. The van der Waals surface area contributed by atoms with E-state index in [-0.39, 0.29) is 12.1 Å². The van der Waals surface area contributed by atoms with Crippen LogP contribution < -0.4 is 5.32 Å². The van der Waals surface area contributed by atoms with Gasteiger partial charge in [-0.15, -0.1) is 0 Å². The lowest BCUT2D eigenvalue weighted by molar-refractivity contribution is -0.141. The number of carbonyl (C=O) groups is 2. The molecule has 8 heteroatoms. The zero-order valence-electron chi connectivity index (χ0n) is 11.0. The van der Waals surface area contributed by atoms with E-state index >= 15 is 0 Å². The summed E-state index contributed by atoms with van der Waals surface area (Å²) in [5.41, 5.74) is 0.685. The fourth-order valence-electron chi connectivity index (χ4n) is 1.58. The summed E-state index contributed by atoms with van der Waals surface area (Å²) in [4.78, 5) is 23.2. The summed E-state index contributed by atoms with van der Waals surface area (Å²) >= 11 is 11.8. The highest BCUT2D eigenvalue weighted by molar-refractivity contribution is 6.36. The van der Waals surface area contributed by atoms with E-state index in [9.17, 15) is 9.59 Å². The van der Waals surface area contributed by atoms with Crippen molar-refractivity contribution in [3.05, 3.63) is 46.2 Å². The van der Waals surface area contributed by atoms with Gasteiger partial charge in [0.2, 0.25) is 0 Å². The molecule has 0 aliphatic rings. The average molecular weight is 328 g/mol. The first-order chi connectivity index (χ1) is 9.99. The molecule has 0 radical (unpaired) electrons. The lowest BCUT2D eigenvalue weighted by Crippen LogP contribution is -2.13. The van der Waals surface area contributed by atoms with Gasteiger partial charge in [-0.05, 0) is 18.2 Å². The number of hydrogen-bond acceptors (Lipinski definition) is 4. The number of halogens is 2. The van der Waals surface area contributed by atoms with Gasteiger partial charge in [0.1, 0.15) is 6.54 Å². The first kappa shape index (κ1) is 15.3. The Morgan fingerprint density at radius 2 is 2.14 bits per heavy atom. The summed E-state index contributed by atoms with van der Waals surface area (Å²) < 4.78 is 5.87. The summed E-state index contributed by atoms with van der Waals surface area (Å²) in [5.74, 6) is -0.853. The minimum Gasteiger partial charge on any atom is -0.468 e. The van der Waals surface area contributed by atoms with E-state index in [1.807, 2.05) is 0 Å². The van der Waals surface area contributed by atoms with Gasteiger partial charge < -0.3 is 10.1 Å². The summed E-state index contributed by atoms with van der Waals surface area (Å²) in [6, 6.07) is 4.60. The third-order valence-corrected chi connectivity index (χ3v) is 3.15. The maximum absolute atomic E-state index is 12.1. The molecule has 1 N–H and O–H groups in total. The molecule has 1 aromatic carbocycles. The van der Waals surface area contributed by atoms with Crippen LogP contribution in [0.3, 0.4) is 0 Å². The number of amides is 1. The zero-order valence-corrected chi connectivity index (χ0v) is 12.5. The molecule has 1 amide bonds. The topological polar surface area (TPSA) is 73.2 Å². The quantitative estimate of drug-likeness (QED) is 0.876. The maximum Gasteiger partial charge on any atom is 0.327 e. The fraction of sp³-hybridized carbons (Fsp3) is 0.154. The monoisotopic (exact) mass is 327 g/mol. The van der Waals surface area contributed by atoms with Gasteiger partial charge in [-0.2, -0.15) is 5.10 Å². The smallest absolute Gasteiger partial charge is 0.327 e. The van der Waals surface area contributed by atoms with Gasteiger partial charge in [0.05, 0.1) is 29.6 Å². The van der Waals surface area contributed by atoms with Crippen LogP contribution in [0.4, 0.5) is 5.69 Å². The molecule has 0 aliphatic carbocycles. The van der Waals surface area contributed by atoms with Crippen LogP contribution in [0, 0.1) is 0 Å². The van der Waals surface area contributed by atoms with Crippen molar-refractivity contribution in [2.24, 2.45) is 0 Å². The molecule has 0 saturated carbocycles. The van der Waals surface area contributed by atoms with Gasteiger partial charge in [-0.1, -0.05) is 23.2 Å². The molecule has 21 heavy (non-hydrogen) atoms. The highest BCUT2D eigenvalue weighted by atomic mass is 35.5. The highest BCUT2D eigenvalue weighted by Gasteiger charge is 2.12. The molecule has 2 rings (SSSR count). The van der Waals surface area contributed by atoms with Crippen LogP contribution >= 0.6 is 23.2 Å². The predicted molar refractivity (Wildman–Crippen MR) is 78.7 cm³/mol. The van der Waals surface area contributed by atoms with Gasteiger partial charge in [-0.3, -0.25) is 14.3 Å². The molecule has 0 atom stereocenters. The predicted octanol–water partition coefficient (Wildman–Crippen LogP) is 2.62. The average Bonchev–Trinajstić information content (AvgIpc) is 2.88. The van der Waals surface area contributed by atoms with E-state index in [0.29, 0.717) is 15.7 Å². The lowest BCUT2D eigenvalue weighted by atomic mass is 10.2. The molecule has 1 aromatic heterocycles. The standard InChI is InChI=1S/C13H11Cl2N3O3/c1-21-12(19)7-18-6-9(5-16-18)17-13(20)10-4-8(14)2-3-11(10)15/h2-6H,7H2,1H3,(H,17,20). The zero-order chi connectivity index (χ0) is 15.4. The van der Waals surface area contributed by atoms with Crippen LogP contribution in [-0.2, 0) is 16.1 Å². The number of nitrogens with zero attached hydrogens (tertiary/aromatic N) is 2. The number of esters is 1. The van der Waals surface area contributed by atoms with E-state index in [2.05, 4.69) is 15.2 Å². The second-order valence-electron chi connectivity index (χ2n) is 4.08. The molecule has 0 bridgehead atoms. The van der Waals surface area contributed by atoms with Crippen molar-refractivity contribution in [2.45, 2.75) is 6.54 Å². The second kappa shape index (κ2) is 6.60. The lowest BCUT2D eigenvalue weighted by Gasteiger charge is -2.05. The largest absolute Gasteiger partial charge is 0.468 e. The Morgan fingerprint density at radius 3 is 2.86 bits per heavy atom. The van der Waals surface area contributed by atoms with E-state index in [0.717, 1.165) is 0 Å². The SMILES string of the molecule is COC(=O)Cn1cc(NC(=O)c2cc(Cl)ccc2Cl)cn1. The van der Waals surface area contributed by atoms with Crippen LogP contribution in [-0.4, -0.2) is 28.8 Å². The molecule has 2 aromatic rings. The van der Waals surface area contributed by atoms with Crippen LogP contribution in [0.25, 0.3) is 0 Å². The number of hydrogen-bond donors (Lipinski definition) is 1. The van der Waals surface area contributed by atoms with Gasteiger partial charge in [0.15, 0.2) is 0 Å². The summed E-state index contributed by atoms with van der Waals surface area (Å²) in [6.07, 6.45) is 2.92. The Balaban J connectivity index is 2.09. The summed E-state index contributed by atoms with van der Waals surface area (Å²) in [5, 5.41) is 7.25. The Kier molecular flexibility index (Phi) is 4.82. The highest BCUT2D eigenvalue weighted by Crippen LogP contribution is 2.21. The second-order valence-corrected chi connectivity index (χ2v) is 4.92. The number of aromatic nitrogens is 2. The first-order valence-electron chi connectivity index (χ1n) is 5.85. The van der Waals surface area contributed by atoms with Crippen LogP contribution in [0.5, 0.6) is 0 Å². The molecule has 110 valence electrons. The summed E-state index contributed by atoms with van der Waals surface area (Å²) in [7, 11) is 1.29. The van der Waals surface area contributed by atoms with Crippen molar-refractivity contribution in [3.63, 3.8) is 0 Å². The van der Waals surface area contributed by atoms with Gasteiger partial charge in [0.25, 0.3) is 5.91 Å². The molecule has 0 spiro atoms. The number of nitrogens with one attached hydrogen (secondary N) is 1. The van der Waals surface area contributed by atoms with Crippen molar-refractivity contribution < 1.29 is 14.3 Å². The number of anilines is 1.